The van der Waals surface area contributed by atoms with Crippen molar-refractivity contribution in [2.45, 2.75) is 156 Å². The van der Waals surface area contributed by atoms with Gasteiger partial charge in [-0.1, -0.05) is 124 Å². The maximum absolute atomic E-state index is 10.2. The van der Waals surface area contributed by atoms with Gasteiger partial charge in [-0.15, -0.1) is 0 Å². The summed E-state index contributed by atoms with van der Waals surface area (Å²) in [6.45, 7) is 9.30. The van der Waals surface area contributed by atoms with E-state index in [4.69, 9.17) is 0 Å². The van der Waals surface area contributed by atoms with Gasteiger partial charge in [-0.3, -0.25) is 4.90 Å². The zero-order valence-electron chi connectivity index (χ0n) is 20.5. The van der Waals surface area contributed by atoms with Crippen LogP contribution in [0.15, 0.2) is 0 Å². The van der Waals surface area contributed by atoms with Crippen LogP contribution in [-0.4, -0.2) is 34.1 Å². The molecule has 0 aliphatic rings. The molecule has 0 aromatic rings. The fourth-order valence-corrected chi connectivity index (χ4v) is 4.26. The molecule has 176 valence electrons. The molecule has 0 heterocycles. The first-order valence-corrected chi connectivity index (χ1v) is 13.2. The first-order valence-electron chi connectivity index (χ1n) is 13.2. The Balaban J connectivity index is 3.66. The Hall–Kier alpha value is -0.120. The molecule has 0 radical (unpaired) electrons. The molecule has 0 aromatic carbocycles. The largest absolute Gasteiger partial charge is 0.378 e. The van der Waals surface area contributed by atoms with Gasteiger partial charge >= 0.3 is 0 Å². The summed E-state index contributed by atoms with van der Waals surface area (Å²) in [4.78, 5) is 1.90. The molecule has 0 fully saturated rings. The topological polar surface area (TPSA) is 43.7 Å². The highest BCUT2D eigenvalue weighted by Crippen LogP contribution is 2.20. The van der Waals surface area contributed by atoms with E-state index in [1.165, 1.54) is 96.3 Å². The summed E-state index contributed by atoms with van der Waals surface area (Å²) in [5.74, 6) is 0.578. The third kappa shape index (κ3) is 16.3. The maximum atomic E-state index is 10.2. The lowest BCUT2D eigenvalue weighted by molar-refractivity contribution is -0.111. The van der Waals surface area contributed by atoms with E-state index in [-0.39, 0.29) is 0 Å². The van der Waals surface area contributed by atoms with Crippen LogP contribution in [0.25, 0.3) is 0 Å². The predicted molar refractivity (Wildman–Crippen MR) is 128 cm³/mol. The molecule has 0 aliphatic carbocycles. The number of hydrogen-bond donors (Lipinski definition) is 2. The van der Waals surface area contributed by atoms with Gasteiger partial charge in [0, 0.05) is 6.54 Å². The molecule has 0 spiro atoms. The van der Waals surface area contributed by atoms with Gasteiger partial charge in [0.2, 0.25) is 0 Å². The van der Waals surface area contributed by atoms with Crippen molar-refractivity contribution in [2.24, 2.45) is 5.92 Å². The van der Waals surface area contributed by atoms with Gasteiger partial charge in [-0.2, -0.15) is 0 Å². The zero-order chi connectivity index (χ0) is 21.7. The molecule has 0 saturated heterocycles. The fourth-order valence-electron chi connectivity index (χ4n) is 4.26. The SMILES string of the molecule is CCCCCCCCCCCCCCCCC(CC)CN(C(O)CC)C(O)CC. The highest BCUT2D eigenvalue weighted by atomic mass is 16.3. The molecule has 3 unspecified atom stereocenters. The monoisotopic (exact) mass is 413 g/mol. The molecular weight excluding hydrogens is 358 g/mol. The smallest absolute Gasteiger partial charge is 0.109 e. The fraction of sp³-hybridized carbons (Fsp3) is 1.00. The molecule has 29 heavy (non-hydrogen) atoms. The summed E-state index contributed by atoms with van der Waals surface area (Å²) >= 11 is 0. The summed E-state index contributed by atoms with van der Waals surface area (Å²) in [5.41, 5.74) is 0. The molecule has 3 heteroatoms. The van der Waals surface area contributed by atoms with E-state index < -0.39 is 12.5 Å². The maximum Gasteiger partial charge on any atom is 0.109 e. The molecule has 0 saturated carbocycles. The predicted octanol–water partition coefficient (Wildman–Crippen LogP) is 7.64. The third-order valence-electron chi connectivity index (χ3n) is 6.51. The van der Waals surface area contributed by atoms with Gasteiger partial charge in [0.25, 0.3) is 0 Å². The Morgan fingerprint density at radius 3 is 1.24 bits per heavy atom. The summed E-state index contributed by atoms with van der Waals surface area (Å²) < 4.78 is 0. The number of unbranched alkanes of at least 4 members (excludes halogenated alkanes) is 13. The molecule has 0 aliphatic heterocycles. The normalized spacial score (nSPS) is 15.0. The van der Waals surface area contributed by atoms with E-state index >= 15 is 0 Å². The third-order valence-corrected chi connectivity index (χ3v) is 6.51. The van der Waals surface area contributed by atoms with Crippen molar-refractivity contribution < 1.29 is 10.2 Å². The molecule has 0 bridgehead atoms. The number of hydrogen-bond acceptors (Lipinski definition) is 3. The van der Waals surface area contributed by atoms with E-state index in [1.807, 2.05) is 18.7 Å². The lowest BCUT2D eigenvalue weighted by Gasteiger charge is -2.34. The molecule has 3 nitrogen and oxygen atoms in total. The van der Waals surface area contributed by atoms with E-state index in [2.05, 4.69) is 13.8 Å². The van der Waals surface area contributed by atoms with Crippen molar-refractivity contribution in [3.63, 3.8) is 0 Å². The van der Waals surface area contributed by atoms with Gasteiger partial charge < -0.3 is 10.2 Å². The van der Waals surface area contributed by atoms with Crippen LogP contribution in [-0.2, 0) is 0 Å². The number of aliphatic hydroxyl groups excluding tert-OH is 2. The Morgan fingerprint density at radius 1 is 0.517 bits per heavy atom. The van der Waals surface area contributed by atoms with Crippen molar-refractivity contribution >= 4 is 0 Å². The van der Waals surface area contributed by atoms with Gasteiger partial charge in [-0.25, -0.2) is 0 Å². The second-order valence-corrected chi connectivity index (χ2v) is 9.13. The number of aliphatic hydroxyl groups is 2. The Bertz CT molecular complexity index is 314. The molecule has 0 rings (SSSR count). The first-order chi connectivity index (χ1) is 14.1. The first kappa shape index (κ1) is 28.9. The van der Waals surface area contributed by atoms with Gasteiger partial charge in [-0.05, 0) is 25.2 Å². The quantitative estimate of drug-likeness (QED) is 0.141. The van der Waals surface area contributed by atoms with Crippen LogP contribution >= 0.6 is 0 Å². The standard InChI is InChI=1S/C26H55NO2/c1-5-9-10-11-12-13-14-15-16-17-18-19-20-21-22-24(6-2)23-27(25(28)7-3)26(29)8-4/h24-26,28-29H,5-23H2,1-4H3. The Labute approximate surface area is 183 Å². The second-order valence-electron chi connectivity index (χ2n) is 9.13. The average Bonchev–Trinajstić information content (AvgIpc) is 2.74. The van der Waals surface area contributed by atoms with Crippen molar-refractivity contribution in [1.82, 2.24) is 4.90 Å². The Kier molecular flexibility index (Phi) is 21.0. The molecule has 0 amide bonds. The van der Waals surface area contributed by atoms with Crippen molar-refractivity contribution in [3.05, 3.63) is 0 Å². The molecule has 3 atom stereocenters. The average molecular weight is 414 g/mol. The molecule has 0 aromatic heterocycles. The number of rotatable bonds is 22. The zero-order valence-corrected chi connectivity index (χ0v) is 20.5. The van der Waals surface area contributed by atoms with Crippen LogP contribution in [0.1, 0.15) is 143 Å². The highest BCUT2D eigenvalue weighted by Gasteiger charge is 2.23. The van der Waals surface area contributed by atoms with Crippen LogP contribution in [0.4, 0.5) is 0 Å². The van der Waals surface area contributed by atoms with E-state index in [0.717, 1.165) is 13.0 Å². The number of nitrogens with zero attached hydrogens (tertiary/aromatic N) is 1. The summed E-state index contributed by atoms with van der Waals surface area (Å²) in [7, 11) is 0. The van der Waals surface area contributed by atoms with E-state index in [9.17, 15) is 10.2 Å². The van der Waals surface area contributed by atoms with Crippen LogP contribution in [0.5, 0.6) is 0 Å². The Morgan fingerprint density at radius 2 is 0.897 bits per heavy atom. The minimum Gasteiger partial charge on any atom is -0.378 e. The van der Waals surface area contributed by atoms with E-state index in [1.54, 1.807) is 0 Å². The van der Waals surface area contributed by atoms with Crippen molar-refractivity contribution in [2.75, 3.05) is 6.54 Å². The van der Waals surface area contributed by atoms with Crippen LogP contribution in [0, 0.1) is 5.92 Å². The highest BCUT2D eigenvalue weighted by molar-refractivity contribution is 4.70. The van der Waals surface area contributed by atoms with E-state index in [0.29, 0.717) is 18.8 Å². The lowest BCUT2D eigenvalue weighted by Crippen LogP contribution is -2.45. The lowest BCUT2D eigenvalue weighted by atomic mass is 9.96. The van der Waals surface area contributed by atoms with Crippen LogP contribution < -0.4 is 0 Å². The molecule has 2 N–H and O–H groups in total. The minimum atomic E-state index is -0.518. The van der Waals surface area contributed by atoms with Gasteiger partial charge in [0.05, 0.1) is 0 Å². The molecular formula is C26H55NO2. The summed E-state index contributed by atoms with van der Waals surface area (Å²) in [6.07, 6.45) is 22.3. The second kappa shape index (κ2) is 21.1. The summed E-state index contributed by atoms with van der Waals surface area (Å²) in [5, 5.41) is 20.4. The minimum absolute atomic E-state index is 0.518. The van der Waals surface area contributed by atoms with Crippen LogP contribution in [0.3, 0.4) is 0 Å². The van der Waals surface area contributed by atoms with Gasteiger partial charge in [0.1, 0.15) is 12.5 Å². The van der Waals surface area contributed by atoms with Crippen molar-refractivity contribution in [3.8, 4) is 0 Å². The van der Waals surface area contributed by atoms with Gasteiger partial charge in [0.15, 0.2) is 0 Å². The summed E-state index contributed by atoms with van der Waals surface area (Å²) in [6, 6.07) is 0. The van der Waals surface area contributed by atoms with Crippen LogP contribution in [0.2, 0.25) is 0 Å². The van der Waals surface area contributed by atoms with Crippen molar-refractivity contribution in [1.29, 1.82) is 0 Å².